The van der Waals surface area contributed by atoms with Crippen molar-refractivity contribution in [1.29, 1.82) is 0 Å². The lowest BCUT2D eigenvalue weighted by atomic mass is 10.1. The fourth-order valence-electron chi connectivity index (χ4n) is 3.46. The van der Waals surface area contributed by atoms with E-state index in [1.165, 1.54) is 11.8 Å². The maximum absolute atomic E-state index is 13.0. The third kappa shape index (κ3) is 5.46. The van der Waals surface area contributed by atoms with Gasteiger partial charge in [0.25, 0.3) is 0 Å². The van der Waals surface area contributed by atoms with E-state index < -0.39 is 0 Å². The lowest BCUT2D eigenvalue weighted by molar-refractivity contribution is -0.128. The summed E-state index contributed by atoms with van der Waals surface area (Å²) in [5, 5.41) is 10.1. The van der Waals surface area contributed by atoms with Crippen LogP contribution in [0.2, 0.25) is 5.02 Å². The van der Waals surface area contributed by atoms with Gasteiger partial charge in [-0.15, -0.1) is 10.2 Å². The van der Waals surface area contributed by atoms with Crippen LogP contribution >= 0.6 is 23.4 Å². The predicted octanol–water partition coefficient (Wildman–Crippen LogP) is 5.56. The Bertz CT molecular complexity index is 1220. The molecular weight excluding hydrogens is 472 g/mol. The van der Waals surface area contributed by atoms with Crippen LogP contribution in [-0.4, -0.2) is 45.5 Å². The Kier molecular flexibility index (Phi) is 7.59. The molecule has 0 aliphatic carbocycles. The molecule has 1 amide bonds. The summed E-state index contributed by atoms with van der Waals surface area (Å²) in [6.07, 6.45) is 1.64. The molecule has 0 bridgehead atoms. The minimum Gasteiger partial charge on any atom is -0.497 e. The smallest absolute Gasteiger partial charge is 0.233 e. The molecule has 0 aliphatic heterocycles. The number of nitrogens with zero attached hydrogens (tertiary/aromatic N) is 4. The zero-order chi connectivity index (χ0) is 24.1. The van der Waals surface area contributed by atoms with Crippen molar-refractivity contribution in [2.75, 3.05) is 19.9 Å². The molecule has 0 N–H and O–H groups in total. The number of hydrogen-bond acceptors (Lipinski definition) is 6. The molecule has 0 fully saturated rings. The number of benzene rings is 2. The second-order valence-electron chi connectivity index (χ2n) is 7.72. The Balaban J connectivity index is 1.52. The highest BCUT2D eigenvalue weighted by atomic mass is 35.5. The molecule has 7 nitrogen and oxygen atoms in total. The Morgan fingerprint density at radius 2 is 1.88 bits per heavy atom. The first kappa shape index (κ1) is 23.9. The topological polar surface area (TPSA) is 73.4 Å². The number of amides is 1. The Labute approximate surface area is 207 Å². The number of thioether (sulfide) groups is 1. The van der Waals surface area contributed by atoms with Crippen LogP contribution in [0.25, 0.3) is 11.4 Å². The van der Waals surface area contributed by atoms with Gasteiger partial charge < -0.3 is 14.1 Å². The lowest BCUT2D eigenvalue weighted by Gasteiger charge is -2.25. The van der Waals surface area contributed by atoms with E-state index >= 15 is 0 Å². The van der Waals surface area contributed by atoms with E-state index in [1.54, 1.807) is 25.3 Å². The molecule has 0 saturated carbocycles. The van der Waals surface area contributed by atoms with Gasteiger partial charge in [0.05, 0.1) is 31.7 Å². The van der Waals surface area contributed by atoms with Crippen molar-refractivity contribution in [3.8, 4) is 17.1 Å². The quantitative estimate of drug-likeness (QED) is 0.282. The van der Waals surface area contributed by atoms with Crippen LogP contribution < -0.4 is 4.74 Å². The number of aromatic nitrogens is 3. The summed E-state index contributed by atoms with van der Waals surface area (Å²) in [5.74, 6) is 2.45. The van der Waals surface area contributed by atoms with Crippen LogP contribution in [0.4, 0.5) is 0 Å². The molecule has 1 atom stereocenters. The minimum atomic E-state index is -0.0822. The first-order chi connectivity index (χ1) is 16.5. The van der Waals surface area contributed by atoms with Gasteiger partial charge in [0.15, 0.2) is 11.0 Å². The number of carbonyl (C=O) groups is 1. The Morgan fingerprint density at radius 1 is 1.15 bits per heavy atom. The molecule has 34 heavy (non-hydrogen) atoms. The van der Waals surface area contributed by atoms with Gasteiger partial charge in [0.1, 0.15) is 11.5 Å². The van der Waals surface area contributed by atoms with Crippen molar-refractivity contribution >= 4 is 29.3 Å². The summed E-state index contributed by atoms with van der Waals surface area (Å²) < 4.78 is 12.8. The van der Waals surface area contributed by atoms with Gasteiger partial charge in [0.2, 0.25) is 5.91 Å². The third-order valence-corrected chi connectivity index (χ3v) is 6.81. The molecule has 2 aromatic heterocycles. The molecule has 176 valence electrons. The van der Waals surface area contributed by atoms with Gasteiger partial charge in [-0.3, -0.25) is 9.36 Å². The number of furan rings is 1. The second kappa shape index (κ2) is 10.8. The van der Waals surface area contributed by atoms with Crippen molar-refractivity contribution < 1.29 is 13.9 Å². The molecular formula is C25H25ClN4O3S. The average Bonchev–Trinajstić information content (AvgIpc) is 3.52. The number of halogens is 1. The minimum absolute atomic E-state index is 0.00834. The highest BCUT2D eigenvalue weighted by molar-refractivity contribution is 7.99. The van der Waals surface area contributed by atoms with Crippen molar-refractivity contribution in [3.63, 3.8) is 0 Å². The zero-order valence-corrected chi connectivity index (χ0v) is 20.7. The highest BCUT2D eigenvalue weighted by Crippen LogP contribution is 2.28. The van der Waals surface area contributed by atoms with E-state index in [-0.39, 0.29) is 17.7 Å². The van der Waals surface area contributed by atoms with E-state index in [4.69, 9.17) is 20.8 Å². The molecule has 4 aromatic rings. The number of hydrogen-bond donors (Lipinski definition) is 0. The van der Waals surface area contributed by atoms with Crippen LogP contribution in [0.15, 0.2) is 76.5 Å². The Morgan fingerprint density at radius 3 is 2.53 bits per heavy atom. The molecule has 9 heteroatoms. The fraction of sp³-hybridized carbons (Fsp3) is 0.240. The summed E-state index contributed by atoms with van der Waals surface area (Å²) in [6.45, 7) is 2.45. The van der Waals surface area contributed by atoms with Gasteiger partial charge in [-0.05, 0) is 61.0 Å². The molecule has 2 aromatic carbocycles. The van der Waals surface area contributed by atoms with Crippen molar-refractivity contribution in [1.82, 2.24) is 19.7 Å². The maximum Gasteiger partial charge on any atom is 0.233 e. The maximum atomic E-state index is 13.0. The summed E-state index contributed by atoms with van der Waals surface area (Å²) in [7, 11) is 3.43. The molecule has 0 aliphatic rings. The molecule has 2 heterocycles. The zero-order valence-electron chi connectivity index (χ0n) is 19.1. The lowest BCUT2D eigenvalue weighted by Crippen LogP contribution is -2.31. The van der Waals surface area contributed by atoms with E-state index in [2.05, 4.69) is 10.2 Å². The predicted molar refractivity (Wildman–Crippen MR) is 133 cm³/mol. The van der Waals surface area contributed by atoms with Gasteiger partial charge in [-0.25, -0.2) is 0 Å². The normalized spacial score (nSPS) is 11.9. The summed E-state index contributed by atoms with van der Waals surface area (Å²) in [6, 6.07) is 18.8. The largest absolute Gasteiger partial charge is 0.497 e. The number of rotatable bonds is 9. The van der Waals surface area contributed by atoms with E-state index in [1.807, 2.05) is 72.2 Å². The van der Waals surface area contributed by atoms with Crippen LogP contribution in [0.1, 0.15) is 24.3 Å². The monoisotopic (exact) mass is 496 g/mol. The van der Waals surface area contributed by atoms with E-state index in [0.717, 1.165) is 22.6 Å². The van der Waals surface area contributed by atoms with Crippen molar-refractivity contribution in [2.24, 2.45) is 0 Å². The van der Waals surface area contributed by atoms with Crippen LogP contribution in [0.3, 0.4) is 0 Å². The number of ether oxygens (including phenoxy) is 1. The summed E-state index contributed by atoms with van der Waals surface area (Å²) in [5.41, 5.74) is 1.92. The van der Waals surface area contributed by atoms with Crippen molar-refractivity contribution in [2.45, 2.75) is 24.7 Å². The fourth-order valence-corrected chi connectivity index (χ4v) is 4.45. The van der Waals surface area contributed by atoms with Gasteiger partial charge in [-0.2, -0.15) is 0 Å². The van der Waals surface area contributed by atoms with Gasteiger partial charge in [0, 0.05) is 17.6 Å². The van der Waals surface area contributed by atoms with Crippen LogP contribution in [0, 0.1) is 0 Å². The first-order valence-corrected chi connectivity index (χ1v) is 12.1. The Hall–Kier alpha value is -3.23. The standard InChI is InChI=1S/C25H25ClN4O3S/c1-17(18-6-10-20(26)11-7-18)29(2)23(31)16-34-25-28-27-24(19-8-12-21(32-3)13-9-19)30(25)15-22-5-4-14-33-22/h4-14,17H,15-16H2,1-3H3. The SMILES string of the molecule is COc1ccc(-c2nnc(SCC(=O)N(C)C(C)c3ccc(Cl)cc3)n2Cc2ccco2)cc1. The van der Waals surface area contributed by atoms with Crippen LogP contribution in [0.5, 0.6) is 5.75 Å². The molecule has 1 unspecified atom stereocenters. The molecule has 4 rings (SSSR count). The van der Waals surface area contributed by atoms with Gasteiger partial charge in [-0.1, -0.05) is 35.5 Å². The number of carbonyl (C=O) groups excluding carboxylic acids is 1. The first-order valence-electron chi connectivity index (χ1n) is 10.7. The molecule has 0 radical (unpaired) electrons. The van der Waals surface area contributed by atoms with Gasteiger partial charge >= 0.3 is 0 Å². The molecule has 0 spiro atoms. The highest BCUT2D eigenvalue weighted by Gasteiger charge is 2.21. The second-order valence-corrected chi connectivity index (χ2v) is 9.10. The summed E-state index contributed by atoms with van der Waals surface area (Å²) in [4.78, 5) is 14.7. The van der Waals surface area contributed by atoms with E-state index in [0.29, 0.717) is 22.5 Å². The van der Waals surface area contributed by atoms with E-state index in [9.17, 15) is 4.79 Å². The average molecular weight is 497 g/mol. The number of methoxy groups -OCH3 is 1. The van der Waals surface area contributed by atoms with Crippen LogP contribution in [-0.2, 0) is 11.3 Å². The van der Waals surface area contributed by atoms with Crippen molar-refractivity contribution in [3.05, 3.63) is 83.3 Å². The third-order valence-electron chi connectivity index (χ3n) is 5.61. The summed E-state index contributed by atoms with van der Waals surface area (Å²) >= 11 is 7.35. The molecule has 0 saturated heterocycles.